The van der Waals surface area contributed by atoms with Crippen molar-refractivity contribution in [3.63, 3.8) is 0 Å². The lowest BCUT2D eigenvalue weighted by Crippen LogP contribution is -2.29. The SMILES string of the molecule is COCCCNC(=O)c1nc(C(=O)Nc2cccc(Cl)c2)c2n1CCCC2. The number of imidazole rings is 1. The van der Waals surface area contributed by atoms with Gasteiger partial charge in [0.15, 0.2) is 11.5 Å². The molecule has 0 aliphatic carbocycles. The van der Waals surface area contributed by atoms with E-state index in [4.69, 9.17) is 16.3 Å². The van der Waals surface area contributed by atoms with Crippen LogP contribution >= 0.6 is 11.6 Å². The Labute approximate surface area is 163 Å². The van der Waals surface area contributed by atoms with E-state index in [1.807, 2.05) is 4.57 Å². The monoisotopic (exact) mass is 390 g/mol. The number of carbonyl (C=O) groups excluding carboxylic acids is 2. The summed E-state index contributed by atoms with van der Waals surface area (Å²) in [5.41, 5.74) is 1.70. The number of anilines is 1. The molecular formula is C19H23ClN4O3. The van der Waals surface area contributed by atoms with Gasteiger partial charge in [-0.2, -0.15) is 0 Å². The molecule has 3 rings (SSSR count). The predicted molar refractivity (Wildman–Crippen MR) is 103 cm³/mol. The molecule has 1 aromatic carbocycles. The lowest BCUT2D eigenvalue weighted by Gasteiger charge is -2.17. The molecule has 0 radical (unpaired) electrons. The number of halogens is 1. The van der Waals surface area contributed by atoms with Gasteiger partial charge in [-0.05, 0) is 43.9 Å². The van der Waals surface area contributed by atoms with E-state index in [0.29, 0.717) is 41.9 Å². The highest BCUT2D eigenvalue weighted by molar-refractivity contribution is 6.31. The standard InChI is InChI=1S/C19H23ClN4O3/c1-27-11-5-9-21-19(26)17-23-16(15-8-2-3-10-24(15)17)18(25)22-14-7-4-6-13(20)12-14/h4,6-7,12H,2-3,5,8-11H2,1H3,(H,21,26)(H,22,25). The predicted octanol–water partition coefficient (Wildman–Crippen LogP) is 2.89. The van der Waals surface area contributed by atoms with E-state index < -0.39 is 0 Å². The van der Waals surface area contributed by atoms with Gasteiger partial charge in [0, 0.05) is 37.5 Å². The molecule has 2 aromatic rings. The van der Waals surface area contributed by atoms with Crippen LogP contribution in [0.5, 0.6) is 0 Å². The topological polar surface area (TPSA) is 85.2 Å². The molecular weight excluding hydrogens is 368 g/mol. The van der Waals surface area contributed by atoms with Gasteiger partial charge in [0.05, 0.1) is 5.69 Å². The second-order valence-corrected chi connectivity index (χ2v) is 6.84. The minimum absolute atomic E-state index is 0.268. The zero-order valence-electron chi connectivity index (χ0n) is 15.3. The summed E-state index contributed by atoms with van der Waals surface area (Å²) < 4.78 is 6.85. The first-order chi connectivity index (χ1) is 13.1. The summed E-state index contributed by atoms with van der Waals surface area (Å²) in [6.45, 7) is 1.76. The lowest BCUT2D eigenvalue weighted by atomic mass is 10.1. The van der Waals surface area contributed by atoms with Gasteiger partial charge < -0.3 is 19.9 Å². The Balaban J connectivity index is 1.80. The number of fused-ring (bicyclic) bond motifs is 1. The maximum Gasteiger partial charge on any atom is 0.287 e. The van der Waals surface area contributed by atoms with Crippen molar-refractivity contribution in [1.29, 1.82) is 0 Å². The zero-order chi connectivity index (χ0) is 19.2. The van der Waals surface area contributed by atoms with Crippen molar-refractivity contribution in [3.05, 3.63) is 46.5 Å². The molecule has 0 unspecified atom stereocenters. The van der Waals surface area contributed by atoms with E-state index in [1.165, 1.54) is 0 Å². The summed E-state index contributed by atoms with van der Waals surface area (Å²) in [6.07, 6.45) is 3.38. The number of carbonyl (C=O) groups is 2. The molecule has 7 nitrogen and oxygen atoms in total. The molecule has 0 spiro atoms. The van der Waals surface area contributed by atoms with E-state index >= 15 is 0 Å². The van der Waals surface area contributed by atoms with Crippen molar-refractivity contribution in [2.75, 3.05) is 25.6 Å². The molecule has 8 heteroatoms. The van der Waals surface area contributed by atoms with Crippen molar-refractivity contribution in [1.82, 2.24) is 14.9 Å². The van der Waals surface area contributed by atoms with E-state index in [9.17, 15) is 9.59 Å². The van der Waals surface area contributed by atoms with Crippen molar-refractivity contribution < 1.29 is 14.3 Å². The molecule has 0 bridgehead atoms. The third-order valence-corrected chi connectivity index (χ3v) is 4.66. The number of nitrogens with zero attached hydrogens (tertiary/aromatic N) is 2. The number of hydrogen-bond acceptors (Lipinski definition) is 4. The highest BCUT2D eigenvalue weighted by Gasteiger charge is 2.27. The minimum Gasteiger partial charge on any atom is -0.385 e. The molecule has 0 fully saturated rings. The first kappa shape index (κ1) is 19.4. The second-order valence-electron chi connectivity index (χ2n) is 6.41. The molecule has 1 aliphatic rings. The average Bonchev–Trinajstić information content (AvgIpc) is 3.05. The molecule has 144 valence electrons. The second kappa shape index (κ2) is 9.01. The van der Waals surface area contributed by atoms with Crippen LogP contribution in [0.25, 0.3) is 0 Å². The van der Waals surface area contributed by atoms with E-state index in [1.54, 1.807) is 31.4 Å². The van der Waals surface area contributed by atoms with Crippen molar-refractivity contribution in [2.45, 2.75) is 32.2 Å². The van der Waals surface area contributed by atoms with Gasteiger partial charge in [0.25, 0.3) is 11.8 Å². The van der Waals surface area contributed by atoms with Crippen LogP contribution in [0.3, 0.4) is 0 Å². The molecule has 27 heavy (non-hydrogen) atoms. The Morgan fingerprint density at radius 2 is 2.15 bits per heavy atom. The summed E-state index contributed by atoms with van der Waals surface area (Å²) in [5, 5.41) is 6.19. The molecule has 2 heterocycles. The molecule has 2 N–H and O–H groups in total. The van der Waals surface area contributed by atoms with Crippen molar-refractivity contribution in [3.8, 4) is 0 Å². The lowest BCUT2D eigenvalue weighted by molar-refractivity contribution is 0.0932. The average molecular weight is 391 g/mol. The number of amides is 2. The summed E-state index contributed by atoms with van der Waals surface area (Å²) in [7, 11) is 1.62. The van der Waals surface area contributed by atoms with Crippen LogP contribution in [0, 0.1) is 0 Å². The first-order valence-electron chi connectivity index (χ1n) is 9.03. The maximum atomic E-state index is 12.8. The highest BCUT2D eigenvalue weighted by atomic mass is 35.5. The number of aromatic nitrogens is 2. The molecule has 2 amide bonds. The molecule has 0 saturated carbocycles. The number of methoxy groups -OCH3 is 1. The Bertz CT molecular complexity index is 834. The van der Waals surface area contributed by atoms with Crippen LogP contribution in [0.1, 0.15) is 46.1 Å². The van der Waals surface area contributed by atoms with Crippen LogP contribution in [-0.2, 0) is 17.7 Å². The highest BCUT2D eigenvalue weighted by Crippen LogP contribution is 2.23. The summed E-state index contributed by atoms with van der Waals surface area (Å²) in [4.78, 5) is 29.7. The molecule has 1 aromatic heterocycles. The fourth-order valence-corrected chi connectivity index (χ4v) is 3.34. The smallest absolute Gasteiger partial charge is 0.287 e. The van der Waals surface area contributed by atoms with Crippen molar-refractivity contribution in [2.24, 2.45) is 0 Å². The van der Waals surface area contributed by atoms with Gasteiger partial charge in [-0.25, -0.2) is 4.98 Å². The van der Waals surface area contributed by atoms with Gasteiger partial charge >= 0.3 is 0 Å². The van der Waals surface area contributed by atoms with E-state index in [0.717, 1.165) is 31.4 Å². The van der Waals surface area contributed by atoms with Crippen molar-refractivity contribution >= 4 is 29.1 Å². The Hall–Kier alpha value is -2.38. The third-order valence-electron chi connectivity index (χ3n) is 4.43. The van der Waals surface area contributed by atoms with Crippen LogP contribution in [0.4, 0.5) is 5.69 Å². The summed E-state index contributed by atoms with van der Waals surface area (Å²) in [6, 6.07) is 6.93. The number of ether oxygens (including phenoxy) is 1. The van der Waals surface area contributed by atoms with Crippen LogP contribution in [0.2, 0.25) is 5.02 Å². The van der Waals surface area contributed by atoms with Gasteiger partial charge in [-0.15, -0.1) is 0 Å². The number of rotatable bonds is 7. The van der Waals surface area contributed by atoms with Gasteiger partial charge in [-0.3, -0.25) is 9.59 Å². The number of nitrogens with one attached hydrogen (secondary N) is 2. The maximum absolute atomic E-state index is 12.8. The largest absolute Gasteiger partial charge is 0.385 e. The normalized spacial score (nSPS) is 13.1. The Kier molecular flexibility index (Phi) is 6.47. The quantitative estimate of drug-likeness (QED) is 0.712. The molecule has 0 atom stereocenters. The fraction of sp³-hybridized carbons (Fsp3) is 0.421. The van der Waals surface area contributed by atoms with E-state index in [-0.39, 0.29) is 11.8 Å². The third kappa shape index (κ3) is 4.67. The van der Waals surface area contributed by atoms with Gasteiger partial charge in [-0.1, -0.05) is 17.7 Å². The van der Waals surface area contributed by atoms with Crippen LogP contribution in [0.15, 0.2) is 24.3 Å². The Morgan fingerprint density at radius 3 is 2.93 bits per heavy atom. The van der Waals surface area contributed by atoms with Crippen LogP contribution in [-0.4, -0.2) is 41.6 Å². The minimum atomic E-state index is -0.332. The van der Waals surface area contributed by atoms with Crippen LogP contribution < -0.4 is 10.6 Å². The fourth-order valence-electron chi connectivity index (χ4n) is 3.15. The zero-order valence-corrected chi connectivity index (χ0v) is 16.0. The van der Waals surface area contributed by atoms with Gasteiger partial charge in [0.2, 0.25) is 0 Å². The molecule has 1 aliphatic heterocycles. The summed E-state index contributed by atoms with van der Waals surface area (Å²) in [5.74, 6) is -0.309. The Morgan fingerprint density at radius 1 is 1.30 bits per heavy atom. The first-order valence-corrected chi connectivity index (χ1v) is 9.41. The number of hydrogen-bond donors (Lipinski definition) is 2. The van der Waals surface area contributed by atoms with Gasteiger partial charge in [0.1, 0.15) is 0 Å². The summed E-state index contributed by atoms with van der Waals surface area (Å²) >= 11 is 5.97. The number of benzene rings is 1. The van der Waals surface area contributed by atoms with E-state index in [2.05, 4.69) is 15.6 Å². The molecule has 0 saturated heterocycles.